The minimum atomic E-state index is -0.592. The van der Waals surface area contributed by atoms with Crippen LogP contribution in [0.25, 0.3) is 0 Å². The van der Waals surface area contributed by atoms with E-state index in [2.05, 4.69) is 10.4 Å². The van der Waals surface area contributed by atoms with Gasteiger partial charge in [-0.3, -0.25) is 4.79 Å². The highest BCUT2D eigenvalue weighted by atomic mass is 32.1. The molecular formula is C11H12N4O3S. The van der Waals surface area contributed by atoms with E-state index in [-0.39, 0.29) is 18.3 Å². The maximum Gasteiger partial charge on any atom is 0.389 e. The summed E-state index contributed by atoms with van der Waals surface area (Å²) in [6.07, 6.45) is 2.19. The van der Waals surface area contributed by atoms with E-state index in [4.69, 9.17) is 0 Å². The second kappa shape index (κ2) is 6.10. The Bertz CT molecular complexity index is 564. The molecule has 1 N–H and O–H groups in total. The smallest absolute Gasteiger partial charge is 0.358 e. The van der Waals surface area contributed by atoms with Crippen molar-refractivity contribution in [2.75, 3.05) is 6.54 Å². The number of amides is 1. The van der Waals surface area contributed by atoms with Crippen LogP contribution in [-0.4, -0.2) is 27.2 Å². The number of nitrogens with zero attached hydrogens (tertiary/aromatic N) is 3. The van der Waals surface area contributed by atoms with Crippen molar-refractivity contribution in [3.05, 3.63) is 44.8 Å². The van der Waals surface area contributed by atoms with Gasteiger partial charge in [-0.1, -0.05) is 6.07 Å². The van der Waals surface area contributed by atoms with Gasteiger partial charge in [0.25, 0.3) is 0 Å². The van der Waals surface area contributed by atoms with Gasteiger partial charge < -0.3 is 15.4 Å². The van der Waals surface area contributed by atoms with Crippen molar-refractivity contribution in [1.82, 2.24) is 15.1 Å². The van der Waals surface area contributed by atoms with Crippen molar-refractivity contribution in [2.45, 2.75) is 13.0 Å². The number of rotatable bonds is 6. The third kappa shape index (κ3) is 3.88. The summed E-state index contributed by atoms with van der Waals surface area (Å²) in [6, 6.07) is 5.23. The van der Waals surface area contributed by atoms with E-state index in [0.29, 0.717) is 6.54 Å². The van der Waals surface area contributed by atoms with Crippen LogP contribution in [0.5, 0.6) is 0 Å². The van der Waals surface area contributed by atoms with Gasteiger partial charge >= 0.3 is 5.82 Å². The summed E-state index contributed by atoms with van der Waals surface area (Å²) in [4.78, 5) is 22.6. The van der Waals surface area contributed by atoms with Crippen LogP contribution in [-0.2, 0) is 17.8 Å². The van der Waals surface area contributed by atoms with Crippen LogP contribution in [0.3, 0.4) is 0 Å². The maximum absolute atomic E-state index is 11.6. The Morgan fingerprint density at radius 1 is 1.53 bits per heavy atom. The van der Waals surface area contributed by atoms with Crippen LogP contribution in [0.15, 0.2) is 29.8 Å². The average molecular weight is 280 g/mol. The number of aromatic nitrogens is 2. The number of carbonyl (C=O) groups is 1. The van der Waals surface area contributed by atoms with E-state index in [0.717, 1.165) is 6.42 Å². The fraction of sp³-hybridized carbons (Fsp3) is 0.273. The topological polar surface area (TPSA) is 90.1 Å². The van der Waals surface area contributed by atoms with Gasteiger partial charge in [-0.25, -0.2) is 0 Å². The summed E-state index contributed by atoms with van der Waals surface area (Å²) in [7, 11) is 0. The molecule has 0 aliphatic rings. The summed E-state index contributed by atoms with van der Waals surface area (Å²) in [5, 5.41) is 18.8. The highest BCUT2D eigenvalue weighted by molar-refractivity contribution is 7.09. The lowest BCUT2D eigenvalue weighted by Gasteiger charge is -2.02. The van der Waals surface area contributed by atoms with Gasteiger partial charge in [-0.05, 0) is 22.8 Å². The van der Waals surface area contributed by atoms with Crippen molar-refractivity contribution in [3.8, 4) is 0 Å². The third-order valence-electron chi connectivity index (χ3n) is 2.39. The third-order valence-corrected chi connectivity index (χ3v) is 3.33. The Labute approximate surface area is 113 Å². The largest absolute Gasteiger partial charge is 0.389 e. The molecule has 0 aliphatic carbocycles. The molecule has 1 amide bonds. The molecule has 0 aliphatic heterocycles. The molecule has 0 fully saturated rings. The summed E-state index contributed by atoms with van der Waals surface area (Å²) < 4.78 is 1.25. The van der Waals surface area contributed by atoms with E-state index >= 15 is 0 Å². The van der Waals surface area contributed by atoms with Crippen molar-refractivity contribution in [2.24, 2.45) is 0 Å². The first-order chi connectivity index (χ1) is 9.15. The van der Waals surface area contributed by atoms with Gasteiger partial charge in [0.15, 0.2) is 0 Å². The molecule has 2 rings (SSSR count). The van der Waals surface area contributed by atoms with Crippen LogP contribution < -0.4 is 5.32 Å². The van der Waals surface area contributed by atoms with Crippen LogP contribution >= 0.6 is 11.3 Å². The normalized spacial score (nSPS) is 10.3. The lowest BCUT2D eigenvalue weighted by molar-refractivity contribution is -0.389. The Balaban J connectivity index is 1.75. The Morgan fingerprint density at radius 2 is 2.37 bits per heavy atom. The first kappa shape index (κ1) is 13.2. The highest BCUT2D eigenvalue weighted by Gasteiger charge is 2.12. The van der Waals surface area contributed by atoms with Crippen molar-refractivity contribution >= 4 is 23.1 Å². The monoisotopic (exact) mass is 280 g/mol. The predicted molar refractivity (Wildman–Crippen MR) is 69.9 cm³/mol. The standard InChI is InChI=1S/C11H12N4O3S/c16-11(12-5-3-9-2-1-7-19-9)8-14-6-4-10(13-14)15(17)18/h1-2,4,6-7H,3,5,8H2,(H,12,16). The first-order valence-electron chi connectivity index (χ1n) is 5.62. The van der Waals surface area contributed by atoms with Gasteiger partial charge in [-0.15, -0.1) is 11.3 Å². The lowest BCUT2D eigenvalue weighted by Crippen LogP contribution is -2.29. The fourth-order valence-electron chi connectivity index (χ4n) is 1.52. The minimum absolute atomic E-state index is 0.0156. The van der Waals surface area contributed by atoms with Crippen LogP contribution in [0.4, 0.5) is 5.82 Å². The van der Waals surface area contributed by atoms with Crippen LogP contribution in [0, 0.1) is 10.1 Å². The van der Waals surface area contributed by atoms with Gasteiger partial charge in [-0.2, -0.15) is 4.68 Å². The Hall–Kier alpha value is -2.22. The Morgan fingerprint density at radius 3 is 3.00 bits per heavy atom. The lowest BCUT2D eigenvalue weighted by atomic mass is 10.3. The van der Waals surface area contributed by atoms with E-state index in [9.17, 15) is 14.9 Å². The molecule has 0 radical (unpaired) electrons. The van der Waals surface area contributed by atoms with E-state index < -0.39 is 4.92 Å². The highest BCUT2D eigenvalue weighted by Crippen LogP contribution is 2.08. The summed E-state index contributed by atoms with van der Waals surface area (Å²) in [5.41, 5.74) is 0. The van der Waals surface area contributed by atoms with Crippen molar-refractivity contribution < 1.29 is 9.72 Å². The summed E-state index contributed by atoms with van der Waals surface area (Å²) in [6.45, 7) is 0.529. The molecule has 0 saturated carbocycles. The molecule has 7 nitrogen and oxygen atoms in total. The maximum atomic E-state index is 11.6. The second-order valence-corrected chi connectivity index (χ2v) is 4.84. The minimum Gasteiger partial charge on any atom is -0.358 e. The molecule has 0 atom stereocenters. The molecule has 100 valence electrons. The molecule has 0 saturated heterocycles. The average Bonchev–Trinajstić information content (AvgIpc) is 3.00. The molecule has 2 heterocycles. The summed E-state index contributed by atoms with van der Waals surface area (Å²) in [5.74, 6) is -0.471. The predicted octanol–water partition coefficient (Wildman–Crippen LogP) is 1.21. The number of nitro groups is 1. The van der Waals surface area contributed by atoms with Crippen molar-refractivity contribution in [1.29, 1.82) is 0 Å². The van der Waals surface area contributed by atoms with Gasteiger partial charge in [0.05, 0.1) is 17.4 Å². The van der Waals surface area contributed by atoms with Gasteiger partial charge in [0, 0.05) is 11.4 Å². The van der Waals surface area contributed by atoms with E-state index in [1.165, 1.54) is 21.8 Å². The zero-order valence-corrected chi connectivity index (χ0v) is 10.8. The number of thiophene rings is 1. The molecule has 0 bridgehead atoms. The molecule has 19 heavy (non-hydrogen) atoms. The molecule has 0 unspecified atom stereocenters. The number of nitrogens with one attached hydrogen (secondary N) is 1. The zero-order chi connectivity index (χ0) is 13.7. The fourth-order valence-corrected chi connectivity index (χ4v) is 2.23. The number of carbonyl (C=O) groups excluding carboxylic acids is 1. The molecule has 0 spiro atoms. The SMILES string of the molecule is O=C(Cn1ccc([N+](=O)[O-])n1)NCCc1cccs1. The molecular weight excluding hydrogens is 268 g/mol. The quantitative estimate of drug-likeness (QED) is 0.636. The van der Waals surface area contributed by atoms with E-state index in [1.807, 2.05) is 17.5 Å². The number of hydrogen-bond acceptors (Lipinski definition) is 5. The Kier molecular flexibility index (Phi) is 4.24. The number of hydrogen-bond donors (Lipinski definition) is 1. The second-order valence-electron chi connectivity index (χ2n) is 3.81. The van der Waals surface area contributed by atoms with Crippen molar-refractivity contribution in [3.63, 3.8) is 0 Å². The van der Waals surface area contributed by atoms with Crippen LogP contribution in [0.2, 0.25) is 0 Å². The van der Waals surface area contributed by atoms with Gasteiger partial charge in [0.2, 0.25) is 5.91 Å². The zero-order valence-electron chi connectivity index (χ0n) is 9.98. The first-order valence-corrected chi connectivity index (χ1v) is 6.50. The van der Waals surface area contributed by atoms with Crippen LogP contribution in [0.1, 0.15) is 4.88 Å². The molecule has 0 aromatic carbocycles. The summed E-state index contributed by atoms with van der Waals surface area (Å²) >= 11 is 1.64. The molecule has 2 aromatic rings. The molecule has 8 heteroatoms. The molecule has 2 aromatic heterocycles. The van der Waals surface area contributed by atoms with Gasteiger partial charge in [0.1, 0.15) is 6.54 Å². The van der Waals surface area contributed by atoms with E-state index in [1.54, 1.807) is 11.3 Å².